The van der Waals surface area contributed by atoms with Gasteiger partial charge in [-0.1, -0.05) is 38.0 Å². The van der Waals surface area contributed by atoms with Gasteiger partial charge in [-0.2, -0.15) is 8.42 Å². The first-order valence-electron chi connectivity index (χ1n) is 10.8. The minimum atomic E-state index is -3.75. The Morgan fingerprint density at radius 2 is 1.13 bits per heavy atom. The van der Waals surface area contributed by atoms with E-state index in [2.05, 4.69) is 13.8 Å². The van der Waals surface area contributed by atoms with Gasteiger partial charge in [-0.25, -0.2) is 0 Å². The minimum absolute atomic E-state index is 0.0397. The molecule has 0 aliphatic carbocycles. The Balaban J connectivity index is 1.84. The van der Waals surface area contributed by atoms with Crippen molar-refractivity contribution in [2.75, 3.05) is 72.7 Å². The fourth-order valence-corrected chi connectivity index (χ4v) is 3.15. The van der Waals surface area contributed by atoms with E-state index in [1.54, 1.807) is 12.1 Å². The van der Waals surface area contributed by atoms with Gasteiger partial charge in [0.05, 0.1) is 71.0 Å². The molecule has 31 heavy (non-hydrogen) atoms. The fourth-order valence-electron chi connectivity index (χ4n) is 2.26. The second-order valence-corrected chi connectivity index (χ2v) is 8.74. The minimum Gasteiger partial charge on any atom is -0.379 e. The molecule has 1 aromatic rings. The van der Waals surface area contributed by atoms with E-state index in [0.29, 0.717) is 58.8 Å². The van der Waals surface area contributed by atoms with Crippen molar-refractivity contribution in [1.29, 1.82) is 0 Å². The Morgan fingerprint density at radius 3 is 1.58 bits per heavy atom. The molecule has 0 saturated heterocycles. The van der Waals surface area contributed by atoms with Crippen LogP contribution in [0, 0.1) is 12.8 Å². The molecule has 0 amide bonds. The Bertz CT molecular complexity index is 648. The maximum Gasteiger partial charge on any atom is 0.297 e. The largest absolute Gasteiger partial charge is 0.379 e. The summed E-state index contributed by atoms with van der Waals surface area (Å²) in [6.07, 6.45) is 1.12. The lowest BCUT2D eigenvalue weighted by atomic mass is 10.1. The quantitative estimate of drug-likeness (QED) is 0.216. The fraction of sp³-hybridized carbons (Fsp3) is 0.727. The van der Waals surface area contributed by atoms with Crippen molar-refractivity contribution in [1.82, 2.24) is 0 Å². The van der Waals surface area contributed by atoms with Gasteiger partial charge in [-0.05, 0) is 25.0 Å². The van der Waals surface area contributed by atoms with E-state index in [0.717, 1.165) is 18.6 Å². The molecule has 8 nitrogen and oxygen atoms in total. The Morgan fingerprint density at radius 1 is 0.710 bits per heavy atom. The molecule has 0 aliphatic rings. The molecule has 1 unspecified atom stereocenters. The van der Waals surface area contributed by atoms with Crippen LogP contribution in [0.1, 0.15) is 25.8 Å². The lowest BCUT2D eigenvalue weighted by Gasteiger charge is -2.10. The van der Waals surface area contributed by atoms with Crippen LogP contribution in [0.5, 0.6) is 0 Å². The summed E-state index contributed by atoms with van der Waals surface area (Å²) in [5.41, 5.74) is 0.985. The first kappa shape index (κ1) is 28.0. The van der Waals surface area contributed by atoms with Crippen molar-refractivity contribution in [2.24, 2.45) is 5.92 Å². The van der Waals surface area contributed by atoms with E-state index in [-0.39, 0.29) is 18.1 Å². The van der Waals surface area contributed by atoms with Crippen LogP contribution in [0.15, 0.2) is 29.2 Å². The molecule has 0 N–H and O–H groups in total. The molecule has 0 saturated carbocycles. The highest BCUT2D eigenvalue weighted by molar-refractivity contribution is 7.86. The number of hydrogen-bond acceptors (Lipinski definition) is 8. The Labute approximate surface area is 187 Å². The lowest BCUT2D eigenvalue weighted by Crippen LogP contribution is -2.15. The van der Waals surface area contributed by atoms with Crippen LogP contribution in [0.2, 0.25) is 0 Å². The number of benzene rings is 1. The molecule has 0 fully saturated rings. The summed E-state index contributed by atoms with van der Waals surface area (Å²) in [6, 6.07) is 6.51. The molecule has 180 valence electrons. The number of hydrogen-bond donors (Lipinski definition) is 0. The van der Waals surface area contributed by atoms with E-state index < -0.39 is 10.1 Å². The zero-order chi connectivity index (χ0) is 22.8. The van der Waals surface area contributed by atoms with Crippen LogP contribution >= 0.6 is 0 Å². The predicted octanol–water partition coefficient (Wildman–Crippen LogP) is 2.83. The van der Waals surface area contributed by atoms with Crippen molar-refractivity contribution < 1.29 is 36.3 Å². The summed E-state index contributed by atoms with van der Waals surface area (Å²) in [5, 5.41) is 0. The molecule has 0 spiro atoms. The van der Waals surface area contributed by atoms with Crippen LogP contribution in [0.3, 0.4) is 0 Å². The highest BCUT2D eigenvalue weighted by Crippen LogP contribution is 2.12. The van der Waals surface area contributed by atoms with Gasteiger partial charge < -0.3 is 23.7 Å². The van der Waals surface area contributed by atoms with Crippen LogP contribution < -0.4 is 0 Å². The molecule has 0 radical (unpaired) electrons. The summed E-state index contributed by atoms with van der Waals surface area (Å²) in [6.45, 7) is 11.0. The van der Waals surface area contributed by atoms with Crippen LogP contribution in [0.25, 0.3) is 0 Å². The van der Waals surface area contributed by atoms with Gasteiger partial charge >= 0.3 is 0 Å². The van der Waals surface area contributed by atoms with E-state index in [1.165, 1.54) is 12.1 Å². The standard InChI is InChI=1S/C22H38O8S/c1-4-20(2)19-29-16-15-27-12-11-25-9-10-26-13-14-28-17-18-30-31(23,24)22-7-5-21(3)6-8-22/h5-8,20H,4,9-19H2,1-3H3. The smallest absolute Gasteiger partial charge is 0.297 e. The van der Waals surface area contributed by atoms with E-state index in [4.69, 9.17) is 27.9 Å². The summed E-state index contributed by atoms with van der Waals surface area (Å²) in [4.78, 5) is 0.141. The van der Waals surface area contributed by atoms with Crippen LogP contribution in [-0.4, -0.2) is 81.1 Å². The monoisotopic (exact) mass is 462 g/mol. The van der Waals surface area contributed by atoms with Gasteiger partial charge in [0.1, 0.15) is 0 Å². The average Bonchev–Trinajstić information content (AvgIpc) is 2.75. The Kier molecular flexibility index (Phi) is 15.8. The van der Waals surface area contributed by atoms with Gasteiger partial charge in [0.25, 0.3) is 10.1 Å². The summed E-state index contributed by atoms with van der Waals surface area (Å²) >= 11 is 0. The van der Waals surface area contributed by atoms with Gasteiger partial charge in [0.15, 0.2) is 0 Å². The average molecular weight is 463 g/mol. The summed E-state index contributed by atoms with van der Waals surface area (Å²) < 4.78 is 56.0. The molecule has 0 aromatic heterocycles. The highest BCUT2D eigenvalue weighted by atomic mass is 32.2. The second-order valence-electron chi connectivity index (χ2n) is 7.13. The molecule has 0 aliphatic heterocycles. The molecular weight excluding hydrogens is 424 g/mol. The molecule has 9 heteroatoms. The van der Waals surface area contributed by atoms with Crippen molar-refractivity contribution in [2.45, 2.75) is 32.1 Å². The summed E-state index contributed by atoms with van der Waals surface area (Å²) in [5.74, 6) is 0.585. The van der Waals surface area contributed by atoms with Crippen molar-refractivity contribution in [3.63, 3.8) is 0 Å². The number of aryl methyl sites for hydroxylation is 1. The SMILES string of the molecule is CCC(C)COCCOCCOCCOCCOCCOS(=O)(=O)c1ccc(C)cc1. The van der Waals surface area contributed by atoms with Crippen molar-refractivity contribution in [3.05, 3.63) is 29.8 Å². The summed E-state index contributed by atoms with van der Waals surface area (Å²) in [7, 11) is -3.75. The van der Waals surface area contributed by atoms with Gasteiger partial charge in [0.2, 0.25) is 0 Å². The third-order valence-electron chi connectivity index (χ3n) is 4.36. The van der Waals surface area contributed by atoms with E-state index in [1.807, 2.05) is 6.92 Å². The second kappa shape index (κ2) is 17.5. The predicted molar refractivity (Wildman–Crippen MR) is 118 cm³/mol. The van der Waals surface area contributed by atoms with Gasteiger partial charge in [-0.3, -0.25) is 4.18 Å². The number of ether oxygens (including phenoxy) is 5. The maximum absolute atomic E-state index is 12.0. The van der Waals surface area contributed by atoms with Crippen molar-refractivity contribution in [3.8, 4) is 0 Å². The molecule has 0 heterocycles. The molecule has 0 bridgehead atoms. The van der Waals surface area contributed by atoms with Crippen LogP contribution in [0.4, 0.5) is 0 Å². The van der Waals surface area contributed by atoms with Crippen LogP contribution in [-0.2, 0) is 38.0 Å². The first-order valence-corrected chi connectivity index (χ1v) is 12.2. The van der Waals surface area contributed by atoms with E-state index >= 15 is 0 Å². The zero-order valence-corrected chi connectivity index (χ0v) is 19.9. The zero-order valence-electron chi connectivity index (χ0n) is 19.0. The topological polar surface area (TPSA) is 89.5 Å². The lowest BCUT2D eigenvalue weighted by molar-refractivity contribution is -0.0145. The third kappa shape index (κ3) is 14.6. The normalized spacial score (nSPS) is 12.9. The van der Waals surface area contributed by atoms with E-state index in [9.17, 15) is 8.42 Å². The first-order chi connectivity index (χ1) is 15.0. The third-order valence-corrected chi connectivity index (χ3v) is 5.69. The van der Waals surface area contributed by atoms with Gasteiger partial charge in [0, 0.05) is 6.61 Å². The molecule has 1 rings (SSSR count). The maximum atomic E-state index is 12.0. The molecule has 1 aromatic carbocycles. The Hall–Kier alpha value is -1.07. The molecule has 1 atom stereocenters. The molecular formula is C22H38O8S. The van der Waals surface area contributed by atoms with Crippen molar-refractivity contribution >= 4 is 10.1 Å². The van der Waals surface area contributed by atoms with Gasteiger partial charge in [-0.15, -0.1) is 0 Å². The highest BCUT2D eigenvalue weighted by Gasteiger charge is 2.14. The number of rotatable bonds is 20.